The van der Waals surface area contributed by atoms with E-state index in [1.165, 1.54) is 5.56 Å². The van der Waals surface area contributed by atoms with Crippen molar-refractivity contribution < 1.29 is 0 Å². The van der Waals surface area contributed by atoms with Gasteiger partial charge in [-0.2, -0.15) is 0 Å². The molecule has 0 aliphatic heterocycles. The molecule has 21 heavy (non-hydrogen) atoms. The summed E-state index contributed by atoms with van der Waals surface area (Å²) in [6.45, 7) is 2.17. The maximum absolute atomic E-state index is 5.98. The minimum Gasteiger partial charge on any atom is -0.352 e. The van der Waals surface area contributed by atoms with Crippen LogP contribution in [0.4, 0.5) is 5.82 Å². The number of fused-ring (bicyclic) bond motifs is 1. The van der Waals surface area contributed by atoms with E-state index in [9.17, 15) is 0 Å². The maximum atomic E-state index is 5.98. The molecule has 0 aliphatic rings. The van der Waals surface area contributed by atoms with Crippen LogP contribution in [0.1, 0.15) is 24.9 Å². The van der Waals surface area contributed by atoms with Gasteiger partial charge in [0.2, 0.25) is 0 Å². The molecule has 1 aromatic carbocycles. The van der Waals surface area contributed by atoms with Gasteiger partial charge in [-0.1, -0.05) is 30.7 Å². The highest BCUT2D eigenvalue weighted by Gasteiger charge is 2.19. The Balaban J connectivity index is 2.00. The monoisotopic (exact) mass is 300 g/mol. The first-order valence-corrected chi connectivity index (χ1v) is 7.35. The Morgan fingerprint density at radius 3 is 2.67 bits per heavy atom. The topological polar surface area (TPSA) is 44.8 Å². The number of halogens is 1. The molecule has 1 unspecified atom stereocenters. The van der Waals surface area contributed by atoms with E-state index >= 15 is 0 Å². The van der Waals surface area contributed by atoms with Gasteiger partial charge in [0.25, 0.3) is 0 Å². The minimum absolute atomic E-state index is 0.246. The molecule has 3 rings (SSSR count). The Hall–Kier alpha value is -2.07. The van der Waals surface area contributed by atoms with Crippen molar-refractivity contribution in [1.29, 1.82) is 0 Å². The predicted octanol–water partition coefficient (Wildman–Crippen LogP) is 4.20. The van der Waals surface area contributed by atoms with E-state index in [2.05, 4.69) is 46.0 Å². The Morgan fingerprint density at radius 2 is 1.95 bits per heavy atom. The normalized spacial score (nSPS) is 12.5. The maximum Gasteiger partial charge on any atom is 0.142 e. The van der Waals surface area contributed by atoms with Crippen LogP contribution in [0.25, 0.3) is 11.0 Å². The second kappa shape index (κ2) is 5.74. The summed E-state index contributed by atoms with van der Waals surface area (Å²) in [6.07, 6.45) is 4.47. The van der Waals surface area contributed by atoms with Crippen LogP contribution >= 0.6 is 11.6 Å². The largest absolute Gasteiger partial charge is 0.352 e. The Bertz CT molecular complexity index is 735. The fraction of sp³-hybridized carbons (Fsp3) is 0.250. The molecule has 0 saturated heterocycles. The number of aromatic nitrogens is 3. The van der Waals surface area contributed by atoms with Gasteiger partial charge in [0.15, 0.2) is 0 Å². The van der Waals surface area contributed by atoms with Gasteiger partial charge < -0.3 is 9.88 Å². The van der Waals surface area contributed by atoms with E-state index in [1.807, 2.05) is 24.4 Å². The van der Waals surface area contributed by atoms with Gasteiger partial charge in [-0.15, -0.1) is 0 Å². The summed E-state index contributed by atoms with van der Waals surface area (Å²) in [5, 5.41) is 1.79. The second-order valence-electron chi connectivity index (χ2n) is 5.02. The summed E-state index contributed by atoms with van der Waals surface area (Å²) in [6, 6.07) is 10.3. The van der Waals surface area contributed by atoms with Crippen LogP contribution < -0.4 is 4.90 Å². The lowest BCUT2D eigenvalue weighted by atomic mass is 10.0. The molecule has 2 heterocycles. The molecule has 0 fully saturated rings. The lowest BCUT2D eigenvalue weighted by Crippen LogP contribution is -2.24. The van der Waals surface area contributed by atoms with Crippen LogP contribution in [0, 0.1) is 0 Å². The Morgan fingerprint density at radius 1 is 1.19 bits per heavy atom. The van der Waals surface area contributed by atoms with Gasteiger partial charge in [-0.05, 0) is 30.2 Å². The minimum atomic E-state index is 0.246. The van der Waals surface area contributed by atoms with Gasteiger partial charge in [0, 0.05) is 18.3 Å². The predicted molar refractivity (Wildman–Crippen MR) is 86.8 cm³/mol. The van der Waals surface area contributed by atoms with E-state index < -0.39 is 0 Å². The van der Waals surface area contributed by atoms with Gasteiger partial charge in [-0.25, -0.2) is 9.97 Å². The molecule has 0 radical (unpaired) electrons. The van der Waals surface area contributed by atoms with Crippen LogP contribution in [0.2, 0.25) is 5.02 Å². The number of benzene rings is 1. The third-order valence-electron chi connectivity index (χ3n) is 3.78. The summed E-state index contributed by atoms with van der Waals surface area (Å²) >= 11 is 5.98. The molecule has 4 nitrogen and oxygen atoms in total. The number of rotatable bonds is 4. The van der Waals surface area contributed by atoms with Gasteiger partial charge in [-0.3, -0.25) is 0 Å². The van der Waals surface area contributed by atoms with Crippen LogP contribution in [0.3, 0.4) is 0 Å². The second-order valence-corrected chi connectivity index (χ2v) is 5.46. The van der Waals surface area contributed by atoms with Gasteiger partial charge >= 0.3 is 0 Å². The lowest BCUT2D eigenvalue weighted by molar-refractivity contribution is 0.643. The number of nitrogens with one attached hydrogen (secondary N) is 1. The van der Waals surface area contributed by atoms with Crippen molar-refractivity contribution in [2.75, 3.05) is 11.9 Å². The molecule has 0 saturated carbocycles. The van der Waals surface area contributed by atoms with Crippen molar-refractivity contribution >= 4 is 28.5 Å². The van der Waals surface area contributed by atoms with E-state index in [1.54, 1.807) is 6.33 Å². The van der Waals surface area contributed by atoms with Crippen molar-refractivity contribution in [3.8, 4) is 0 Å². The molecular weight excluding hydrogens is 284 g/mol. The van der Waals surface area contributed by atoms with E-state index in [-0.39, 0.29) is 6.04 Å². The summed E-state index contributed by atoms with van der Waals surface area (Å²) in [5.74, 6) is 0.933. The summed E-state index contributed by atoms with van der Waals surface area (Å²) in [5.41, 5.74) is 2.09. The molecule has 0 aliphatic carbocycles. The first-order valence-electron chi connectivity index (χ1n) is 6.97. The lowest BCUT2D eigenvalue weighted by Gasteiger charge is -2.29. The highest BCUT2D eigenvalue weighted by molar-refractivity contribution is 6.30. The highest BCUT2D eigenvalue weighted by Crippen LogP contribution is 2.31. The number of H-pyrrole nitrogens is 1. The molecule has 0 amide bonds. The quantitative estimate of drug-likeness (QED) is 0.785. The third kappa shape index (κ3) is 2.59. The summed E-state index contributed by atoms with van der Waals surface area (Å²) in [7, 11) is 2.07. The molecule has 1 N–H and O–H groups in total. The standard InChI is InChI=1S/C16H17ClN4/c1-3-14(11-4-6-12(17)7-5-11)21(2)16-13-8-9-18-15(13)19-10-20-16/h4-10,14H,3H2,1-2H3,(H,18,19,20). The first kappa shape index (κ1) is 13.9. The molecule has 108 valence electrons. The average molecular weight is 301 g/mol. The van der Waals surface area contributed by atoms with Crippen molar-refractivity contribution in [2.45, 2.75) is 19.4 Å². The molecule has 0 spiro atoms. The number of hydrogen-bond donors (Lipinski definition) is 1. The molecule has 0 bridgehead atoms. The molecular formula is C16H17ClN4. The fourth-order valence-electron chi connectivity index (χ4n) is 2.71. The van der Waals surface area contributed by atoms with Gasteiger partial charge in [0.1, 0.15) is 17.8 Å². The fourth-order valence-corrected chi connectivity index (χ4v) is 2.83. The van der Waals surface area contributed by atoms with Crippen LogP contribution in [-0.4, -0.2) is 22.0 Å². The first-order chi connectivity index (χ1) is 10.2. The molecule has 1 atom stereocenters. The zero-order valence-electron chi connectivity index (χ0n) is 12.0. The van der Waals surface area contributed by atoms with Crippen LogP contribution in [-0.2, 0) is 0 Å². The number of anilines is 1. The van der Waals surface area contributed by atoms with Crippen molar-refractivity contribution in [2.24, 2.45) is 0 Å². The molecule has 2 aromatic heterocycles. The third-order valence-corrected chi connectivity index (χ3v) is 4.03. The van der Waals surface area contributed by atoms with E-state index in [0.717, 1.165) is 28.3 Å². The molecule has 3 aromatic rings. The molecule has 5 heteroatoms. The van der Waals surface area contributed by atoms with E-state index in [4.69, 9.17) is 11.6 Å². The summed E-state index contributed by atoms with van der Waals surface area (Å²) < 4.78 is 0. The number of aromatic amines is 1. The zero-order valence-corrected chi connectivity index (χ0v) is 12.8. The van der Waals surface area contributed by atoms with E-state index in [0.29, 0.717) is 0 Å². The zero-order chi connectivity index (χ0) is 14.8. The van der Waals surface area contributed by atoms with Gasteiger partial charge in [0.05, 0.1) is 11.4 Å². The Kier molecular flexibility index (Phi) is 3.80. The number of nitrogens with zero attached hydrogens (tertiary/aromatic N) is 3. The van der Waals surface area contributed by atoms with Crippen LogP contribution in [0.5, 0.6) is 0 Å². The highest BCUT2D eigenvalue weighted by atomic mass is 35.5. The van der Waals surface area contributed by atoms with Crippen molar-refractivity contribution in [1.82, 2.24) is 15.0 Å². The smallest absolute Gasteiger partial charge is 0.142 e. The van der Waals surface area contributed by atoms with Crippen molar-refractivity contribution in [3.05, 3.63) is 53.4 Å². The average Bonchev–Trinajstić information content (AvgIpc) is 2.98. The van der Waals surface area contributed by atoms with Crippen LogP contribution in [0.15, 0.2) is 42.9 Å². The Labute approximate surface area is 128 Å². The summed E-state index contributed by atoms with van der Waals surface area (Å²) in [4.78, 5) is 14.0. The van der Waals surface area contributed by atoms with Crippen molar-refractivity contribution in [3.63, 3.8) is 0 Å². The SMILES string of the molecule is CCC(c1ccc(Cl)cc1)N(C)c1ncnc2[nH]ccc12. The number of hydrogen-bond acceptors (Lipinski definition) is 3.